The minimum atomic E-state index is -0.335. The van der Waals surface area contributed by atoms with Crippen LogP contribution in [0.3, 0.4) is 0 Å². The van der Waals surface area contributed by atoms with E-state index in [4.69, 9.17) is 4.74 Å². The summed E-state index contributed by atoms with van der Waals surface area (Å²) < 4.78 is 7.62. The lowest BCUT2D eigenvalue weighted by atomic mass is 10.1. The highest BCUT2D eigenvalue weighted by Gasteiger charge is 2.25. The highest BCUT2D eigenvalue weighted by atomic mass is 32.2. The second-order valence-corrected chi connectivity index (χ2v) is 10.4. The van der Waals surface area contributed by atoms with Crippen LogP contribution in [-0.2, 0) is 18.8 Å². The molecule has 0 N–H and O–H groups in total. The van der Waals surface area contributed by atoms with Crippen LogP contribution in [0.4, 0.5) is 17.2 Å². The molecular weight excluding hydrogens is 490 g/mol. The van der Waals surface area contributed by atoms with E-state index in [9.17, 15) is 14.4 Å². The van der Waals surface area contributed by atoms with Gasteiger partial charge in [-0.2, -0.15) is 0 Å². The zero-order valence-corrected chi connectivity index (χ0v) is 22.2. The summed E-state index contributed by atoms with van der Waals surface area (Å²) in [6, 6.07) is 15.7. The smallest absolute Gasteiger partial charge is 0.337 e. The minimum Gasteiger partial charge on any atom is -0.465 e. The molecule has 5 rings (SSSR count). The van der Waals surface area contributed by atoms with Crippen LogP contribution < -0.4 is 21.0 Å². The van der Waals surface area contributed by atoms with Crippen LogP contribution in [0.25, 0.3) is 0 Å². The molecule has 0 radical (unpaired) electrons. The Kier molecular flexibility index (Phi) is 7.12. The van der Waals surface area contributed by atoms with Crippen molar-refractivity contribution in [1.82, 2.24) is 14.0 Å². The first-order valence-corrected chi connectivity index (χ1v) is 13.2. The number of carbonyl (C=O) groups is 1. The molecule has 3 heterocycles. The third-order valence-corrected chi connectivity index (χ3v) is 8.23. The molecule has 0 unspecified atom stereocenters. The van der Waals surface area contributed by atoms with Crippen molar-refractivity contribution in [2.24, 2.45) is 14.1 Å². The van der Waals surface area contributed by atoms with Gasteiger partial charge in [0.1, 0.15) is 5.82 Å². The number of hydrogen-bond donors (Lipinski definition) is 0. The molecule has 10 heteroatoms. The van der Waals surface area contributed by atoms with Gasteiger partial charge in [0, 0.05) is 62.7 Å². The van der Waals surface area contributed by atoms with Crippen molar-refractivity contribution in [2.45, 2.75) is 16.2 Å². The Bertz CT molecular complexity index is 1440. The Balaban J connectivity index is 1.25. The lowest BCUT2D eigenvalue weighted by molar-refractivity contribution is 0.0600. The van der Waals surface area contributed by atoms with Gasteiger partial charge in [-0.05, 0) is 43.3 Å². The molecule has 1 saturated heterocycles. The molecule has 0 atom stereocenters. The number of para-hydroxylation sites is 1. The van der Waals surface area contributed by atoms with Gasteiger partial charge in [-0.1, -0.05) is 23.9 Å². The molecule has 1 fully saturated rings. The highest BCUT2D eigenvalue weighted by molar-refractivity contribution is 7.99. The maximum absolute atomic E-state index is 12.3. The minimum absolute atomic E-state index is 0.281. The quantitative estimate of drug-likeness (QED) is 0.458. The number of ether oxygens (including phenoxy) is 1. The van der Waals surface area contributed by atoms with E-state index in [0.717, 1.165) is 66.5 Å². The van der Waals surface area contributed by atoms with Crippen LogP contribution in [0.2, 0.25) is 0 Å². The highest BCUT2D eigenvalue weighted by Crippen LogP contribution is 2.48. The van der Waals surface area contributed by atoms with E-state index in [1.54, 1.807) is 29.4 Å². The Morgan fingerprint density at radius 2 is 1.62 bits per heavy atom. The molecular formula is C27H31N5O4S. The van der Waals surface area contributed by atoms with E-state index in [1.807, 2.05) is 24.3 Å². The fraction of sp³-hybridized carbons (Fsp3) is 0.370. The van der Waals surface area contributed by atoms with Crippen LogP contribution in [0, 0.1) is 0 Å². The summed E-state index contributed by atoms with van der Waals surface area (Å²) in [5.74, 6) is 0.339. The van der Waals surface area contributed by atoms with Gasteiger partial charge in [0.25, 0.3) is 5.56 Å². The molecule has 9 nitrogen and oxygen atoms in total. The fourth-order valence-electron chi connectivity index (χ4n) is 4.99. The summed E-state index contributed by atoms with van der Waals surface area (Å²) in [5.41, 5.74) is 2.14. The number of anilines is 3. The summed E-state index contributed by atoms with van der Waals surface area (Å²) in [4.78, 5) is 45.8. The third kappa shape index (κ3) is 4.91. The number of methoxy groups -OCH3 is 1. The molecule has 37 heavy (non-hydrogen) atoms. The fourth-order valence-corrected chi connectivity index (χ4v) is 6.07. The van der Waals surface area contributed by atoms with Gasteiger partial charge in [0.05, 0.1) is 24.0 Å². The number of aromatic nitrogens is 2. The van der Waals surface area contributed by atoms with E-state index in [1.165, 1.54) is 19.1 Å². The SMILES string of the molecule is COC(=O)c1ccc2c(c1)N(CCCN1CCN(c3cc(=O)n(C)c(=O)n3C)CC1)c1ccccc1S2. The third-order valence-electron chi connectivity index (χ3n) is 7.10. The average Bonchev–Trinajstić information content (AvgIpc) is 2.93. The number of fused-ring (bicyclic) bond motifs is 2. The van der Waals surface area contributed by atoms with E-state index in [0.29, 0.717) is 11.4 Å². The number of rotatable bonds is 6. The molecule has 3 aromatic rings. The standard InChI is InChI=1S/C27H31N5O4S/c1-28-24(18-25(33)29(2)27(28)35)31-15-13-30(14-16-31)11-6-12-32-20-7-4-5-8-22(20)37-23-10-9-19(17-21(23)32)26(34)36-3/h4-5,7-10,17-18H,6,11-16H2,1-3H3. The Morgan fingerprint density at radius 1 is 0.892 bits per heavy atom. The second-order valence-electron chi connectivity index (χ2n) is 9.32. The zero-order chi connectivity index (χ0) is 26.1. The summed E-state index contributed by atoms with van der Waals surface area (Å²) in [6.45, 7) is 4.99. The Hall–Kier alpha value is -3.50. The van der Waals surface area contributed by atoms with Gasteiger partial charge in [-0.3, -0.25) is 18.8 Å². The van der Waals surface area contributed by atoms with Crippen LogP contribution in [0.5, 0.6) is 0 Å². The topological polar surface area (TPSA) is 80.0 Å². The molecule has 2 aliphatic heterocycles. The normalized spacial score (nSPS) is 15.3. The van der Waals surface area contributed by atoms with Gasteiger partial charge in [-0.25, -0.2) is 9.59 Å². The average molecular weight is 522 g/mol. The van der Waals surface area contributed by atoms with E-state index in [2.05, 4.69) is 32.9 Å². The number of nitrogens with zero attached hydrogens (tertiary/aromatic N) is 5. The van der Waals surface area contributed by atoms with Gasteiger partial charge in [0.2, 0.25) is 0 Å². The van der Waals surface area contributed by atoms with Gasteiger partial charge < -0.3 is 14.5 Å². The second kappa shape index (κ2) is 10.5. The molecule has 1 aromatic heterocycles. The van der Waals surface area contributed by atoms with Gasteiger partial charge in [0.15, 0.2) is 0 Å². The number of carbonyl (C=O) groups excluding carboxylic acids is 1. The summed E-state index contributed by atoms with van der Waals surface area (Å²) >= 11 is 1.72. The monoisotopic (exact) mass is 521 g/mol. The number of esters is 1. The van der Waals surface area contributed by atoms with Crippen LogP contribution in [-0.4, -0.2) is 66.4 Å². The molecule has 0 aliphatic carbocycles. The van der Waals surface area contributed by atoms with Crippen LogP contribution in [0.1, 0.15) is 16.8 Å². The number of benzene rings is 2. The molecule has 0 amide bonds. The first-order chi connectivity index (χ1) is 17.9. The zero-order valence-electron chi connectivity index (χ0n) is 21.3. The van der Waals surface area contributed by atoms with Crippen molar-refractivity contribution in [3.63, 3.8) is 0 Å². The van der Waals surface area contributed by atoms with Crippen molar-refractivity contribution >= 4 is 34.9 Å². The van der Waals surface area contributed by atoms with Crippen LogP contribution >= 0.6 is 11.8 Å². The van der Waals surface area contributed by atoms with Crippen molar-refractivity contribution in [1.29, 1.82) is 0 Å². The predicted molar refractivity (Wildman–Crippen MR) is 146 cm³/mol. The molecule has 2 aromatic carbocycles. The summed E-state index contributed by atoms with van der Waals surface area (Å²) in [5, 5.41) is 0. The largest absolute Gasteiger partial charge is 0.465 e. The summed E-state index contributed by atoms with van der Waals surface area (Å²) in [6.07, 6.45) is 0.950. The first kappa shape index (κ1) is 25.2. The van der Waals surface area contributed by atoms with E-state index in [-0.39, 0.29) is 17.2 Å². The maximum Gasteiger partial charge on any atom is 0.337 e. The van der Waals surface area contributed by atoms with Crippen molar-refractivity contribution < 1.29 is 9.53 Å². The lowest BCUT2D eigenvalue weighted by Crippen LogP contribution is -2.49. The molecule has 0 bridgehead atoms. The lowest BCUT2D eigenvalue weighted by Gasteiger charge is -2.37. The van der Waals surface area contributed by atoms with E-state index >= 15 is 0 Å². The van der Waals surface area contributed by atoms with Gasteiger partial charge in [-0.15, -0.1) is 0 Å². The van der Waals surface area contributed by atoms with Crippen molar-refractivity contribution in [3.05, 3.63) is 74.9 Å². The van der Waals surface area contributed by atoms with Crippen molar-refractivity contribution in [3.8, 4) is 0 Å². The number of hydrogen-bond acceptors (Lipinski definition) is 8. The number of piperazine rings is 1. The molecule has 2 aliphatic rings. The van der Waals surface area contributed by atoms with E-state index < -0.39 is 0 Å². The predicted octanol–water partition coefficient (Wildman–Crippen LogP) is 2.69. The molecule has 194 valence electrons. The first-order valence-electron chi connectivity index (χ1n) is 12.4. The maximum atomic E-state index is 12.3. The Labute approximate surface area is 219 Å². The summed E-state index contributed by atoms with van der Waals surface area (Å²) in [7, 11) is 4.61. The van der Waals surface area contributed by atoms with Crippen LogP contribution in [0.15, 0.2) is 67.9 Å². The molecule has 0 saturated carbocycles. The van der Waals surface area contributed by atoms with Gasteiger partial charge >= 0.3 is 11.7 Å². The Morgan fingerprint density at radius 3 is 2.38 bits per heavy atom. The van der Waals surface area contributed by atoms with Crippen molar-refractivity contribution in [2.75, 3.05) is 56.2 Å². The molecule has 0 spiro atoms.